The molecular formula is C14H13NO2S. The van der Waals surface area contributed by atoms with E-state index in [4.69, 9.17) is 0 Å². The summed E-state index contributed by atoms with van der Waals surface area (Å²) in [5, 5.41) is 0.763. The van der Waals surface area contributed by atoms with Gasteiger partial charge in [-0.2, -0.15) is 0 Å². The van der Waals surface area contributed by atoms with Gasteiger partial charge in [0.2, 0.25) is 11.0 Å². The maximum atomic E-state index is 12.4. The van der Waals surface area contributed by atoms with E-state index in [1.165, 1.54) is 11.8 Å². The van der Waals surface area contributed by atoms with Crippen molar-refractivity contribution in [1.82, 2.24) is 4.90 Å². The van der Waals surface area contributed by atoms with E-state index in [-0.39, 0.29) is 11.0 Å². The first-order valence-electron chi connectivity index (χ1n) is 6.05. The molecule has 3 nitrogen and oxygen atoms in total. The van der Waals surface area contributed by atoms with Crippen LogP contribution in [-0.2, 0) is 9.59 Å². The highest BCUT2D eigenvalue weighted by atomic mass is 32.2. The van der Waals surface area contributed by atoms with Crippen molar-refractivity contribution in [2.24, 2.45) is 0 Å². The summed E-state index contributed by atoms with van der Waals surface area (Å²) in [5.41, 5.74) is 0.796. The number of rotatable bonds is 1. The second kappa shape index (κ2) is 4.61. The third-order valence-corrected chi connectivity index (χ3v) is 4.29. The average Bonchev–Trinajstić information content (AvgIpc) is 2.40. The number of thioether (sulfide) groups is 1. The third-order valence-electron chi connectivity index (χ3n) is 3.26. The van der Waals surface area contributed by atoms with E-state index in [9.17, 15) is 9.59 Å². The topological polar surface area (TPSA) is 37.4 Å². The highest BCUT2D eigenvalue weighted by molar-refractivity contribution is 8.17. The Morgan fingerprint density at radius 2 is 1.94 bits per heavy atom. The number of allylic oxidation sites excluding steroid dienone is 1. The standard InChI is InChI=1S/C14H13NO2S/c16-13-12(10-6-2-1-3-7-10)14(17)18-11-8-4-5-9-15(11)13/h1-3,6-8,12H,4-5,9H2. The van der Waals surface area contributed by atoms with Crippen molar-refractivity contribution in [3.63, 3.8) is 0 Å². The zero-order valence-electron chi connectivity index (χ0n) is 9.83. The van der Waals surface area contributed by atoms with Crippen molar-refractivity contribution < 1.29 is 9.59 Å². The predicted octanol–water partition coefficient (Wildman–Crippen LogP) is 2.51. The maximum Gasteiger partial charge on any atom is 0.243 e. The Morgan fingerprint density at radius 3 is 2.72 bits per heavy atom. The lowest BCUT2D eigenvalue weighted by Gasteiger charge is -2.35. The van der Waals surface area contributed by atoms with Crippen LogP contribution in [0.4, 0.5) is 0 Å². The van der Waals surface area contributed by atoms with Crippen LogP contribution in [0.25, 0.3) is 0 Å². The zero-order valence-corrected chi connectivity index (χ0v) is 10.7. The molecule has 0 aliphatic carbocycles. The van der Waals surface area contributed by atoms with Gasteiger partial charge in [0, 0.05) is 6.54 Å². The normalized spacial score (nSPS) is 23.7. The van der Waals surface area contributed by atoms with Gasteiger partial charge in [-0.3, -0.25) is 9.59 Å². The van der Waals surface area contributed by atoms with Crippen molar-refractivity contribution in [2.75, 3.05) is 6.54 Å². The lowest BCUT2D eigenvalue weighted by Crippen LogP contribution is -2.42. The first-order valence-corrected chi connectivity index (χ1v) is 6.87. The minimum atomic E-state index is -0.633. The molecule has 2 aliphatic rings. The Bertz CT molecular complexity index is 524. The molecular weight excluding hydrogens is 246 g/mol. The first kappa shape index (κ1) is 11.5. The van der Waals surface area contributed by atoms with Gasteiger partial charge in [0.25, 0.3) is 0 Å². The summed E-state index contributed by atoms with van der Waals surface area (Å²) < 4.78 is 0. The van der Waals surface area contributed by atoms with E-state index in [2.05, 4.69) is 0 Å². The molecule has 1 amide bonds. The maximum absolute atomic E-state index is 12.4. The molecule has 0 aromatic heterocycles. The van der Waals surface area contributed by atoms with Gasteiger partial charge in [-0.05, 0) is 30.2 Å². The molecule has 0 spiro atoms. The molecule has 18 heavy (non-hydrogen) atoms. The minimum absolute atomic E-state index is 0.0596. The largest absolute Gasteiger partial charge is 0.306 e. The van der Waals surface area contributed by atoms with Crippen LogP contribution >= 0.6 is 11.8 Å². The molecule has 1 atom stereocenters. The molecule has 2 aliphatic heterocycles. The molecule has 0 radical (unpaired) electrons. The van der Waals surface area contributed by atoms with E-state index in [1.807, 2.05) is 36.4 Å². The van der Waals surface area contributed by atoms with Gasteiger partial charge in [-0.25, -0.2) is 0 Å². The second-order valence-corrected chi connectivity index (χ2v) is 5.46. The molecule has 1 fully saturated rings. The fourth-order valence-corrected chi connectivity index (χ4v) is 3.41. The summed E-state index contributed by atoms with van der Waals surface area (Å²) >= 11 is 1.20. The third kappa shape index (κ3) is 1.86. The molecule has 0 N–H and O–H groups in total. The minimum Gasteiger partial charge on any atom is -0.306 e. The molecule has 92 valence electrons. The molecule has 4 heteroatoms. The Hall–Kier alpha value is -1.55. The molecule has 0 saturated carbocycles. The molecule has 1 unspecified atom stereocenters. The van der Waals surface area contributed by atoms with Gasteiger partial charge in [0.05, 0.1) is 5.03 Å². The van der Waals surface area contributed by atoms with E-state index >= 15 is 0 Å². The molecule has 3 rings (SSSR count). The molecule has 1 saturated heterocycles. The lowest BCUT2D eigenvalue weighted by atomic mass is 9.98. The van der Waals surface area contributed by atoms with E-state index < -0.39 is 5.92 Å². The van der Waals surface area contributed by atoms with Crippen LogP contribution in [0.1, 0.15) is 24.3 Å². The van der Waals surface area contributed by atoms with Gasteiger partial charge in [0.1, 0.15) is 5.92 Å². The van der Waals surface area contributed by atoms with Crippen LogP contribution in [0, 0.1) is 0 Å². The van der Waals surface area contributed by atoms with Crippen molar-refractivity contribution in [1.29, 1.82) is 0 Å². The SMILES string of the molecule is O=C1SC2=CCCCN2C(=O)C1c1ccccc1. The number of hydrogen-bond acceptors (Lipinski definition) is 3. The van der Waals surface area contributed by atoms with Crippen molar-refractivity contribution >= 4 is 22.8 Å². The van der Waals surface area contributed by atoms with Crippen LogP contribution in [0.2, 0.25) is 0 Å². The predicted molar refractivity (Wildman–Crippen MR) is 70.8 cm³/mol. The molecule has 1 aromatic rings. The van der Waals surface area contributed by atoms with Crippen LogP contribution in [-0.4, -0.2) is 22.5 Å². The monoisotopic (exact) mass is 259 g/mol. The summed E-state index contributed by atoms with van der Waals surface area (Å²) in [7, 11) is 0. The summed E-state index contributed by atoms with van der Waals surface area (Å²) in [4.78, 5) is 26.3. The summed E-state index contributed by atoms with van der Waals surface area (Å²) in [6.07, 6.45) is 3.92. The van der Waals surface area contributed by atoms with Gasteiger partial charge < -0.3 is 4.90 Å². The number of carbonyl (C=O) groups excluding carboxylic acids is 2. The molecule has 1 aromatic carbocycles. The van der Waals surface area contributed by atoms with Crippen molar-refractivity contribution in [3.8, 4) is 0 Å². The number of nitrogens with zero attached hydrogens (tertiary/aromatic N) is 1. The quantitative estimate of drug-likeness (QED) is 0.727. The van der Waals surface area contributed by atoms with Crippen molar-refractivity contribution in [2.45, 2.75) is 18.8 Å². The molecule has 2 heterocycles. The number of benzene rings is 1. The average molecular weight is 259 g/mol. The highest BCUT2D eigenvalue weighted by Gasteiger charge is 2.40. The van der Waals surface area contributed by atoms with E-state index in [0.717, 1.165) is 30.0 Å². The Balaban J connectivity index is 1.97. The second-order valence-electron chi connectivity index (χ2n) is 4.44. The van der Waals surface area contributed by atoms with Gasteiger partial charge in [-0.15, -0.1) is 0 Å². The van der Waals surface area contributed by atoms with Crippen LogP contribution < -0.4 is 0 Å². The van der Waals surface area contributed by atoms with E-state index in [0.29, 0.717) is 0 Å². The van der Waals surface area contributed by atoms with E-state index in [1.54, 1.807) is 4.90 Å². The fourth-order valence-electron chi connectivity index (χ4n) is 2.35. The number of carbonyl (C=O) groups is 2. The first-order chi connectivity index (χ1) is 8.77. The summed E-state index contributed by atoms with van der Waals surface area (Å²) in [6, 6.07) is 9.31. The van der Waals surface area contributed by atoms with Crippen LogP contribution in [0.15, 0.2) is 41.4 Å². The lowest BCUT2D eigenvalue weighted by molar-refractivity contribution is -0.134. The van der Waals surface area contributed by atoms with Gasteiger partial charge >= 0.3 is 0 Å². The zero-order chi connectivity index (χ0) is 12.5. The summed E-state index contributed by atoms with van der Waals surface area (Å²) in [6.45, 7) is 0.730. The van der Waals surface area contributed by atoms with Gasteiger partial charge in [-0.1, -0.05) is 36.4 Å². The Kier molecular flexibility index (Phi) is 2.96. The molecule has 0 bridgehead atoms. The van der Waals surface area contributed by atoms with Gasteiger partial charge in [0.15, 0.2) is 0 Å². The number of amides is 1. The fraction of sp³-hybridized carbons (Fsp3) is 0.286. The number of fused-ring (bicyclic) bond motifs is 1. The Morgan fingerprint density at radius 1 is 1.17 bits per heavy atom. The highest BCUT2D eigenvalue weighted by Crippen LogP contribution is 2.39. The summed E-state index contributed by atoms with van der Waals surface area (Å²) in [5.74, 6) is -0.706. The van der Waals surface area contributed by atoms with Crippen LogP contribution in [0.3, 0.4) is 0 Å². The van der Waals surface area contributed by atoms with Crippen LogP contribution in [0.5, 0.6) is 0 Å². The Labute approximate surface area is 110 Å². The van der Waals surface area contributed by atoms with Crippen molar-refractivity contribution in [3.05, 3.63) is 47.0 Å². The smallest absolute Gasteiger partial charge is 0.243 e. The number of hydrogen-bond donors (Lipinski definition) is 0.